The Hall–Kier alpha value is -0.330. The molecule has 2 bridgehead atoms. The lowest BCUT2D eigenvalue weighted by Crippen LogP contribution is -2.28. The monoisotopic (exact) mass is 150 g/mol. The van der Waals surface area contributed by atoms with E-state index in [1.54, 1.807) is 0 Å². The molecule has 0 unspecified atom stereocenters. The molecule has 0 aromatic heterocycles. The predicted octanol–water partition coefficient (Wildman–Crippen LogP) is 2.16. The van der Waals surface area contributed by atoms with Crippen LogP contribution in [0.2, 0.25) is 0 Å². The van der Waals surface area contributed by atoms with Crippen LogP contribution in [0.5, 0.6) is 0 Å². The van der Waals surface area contributed by atoms with Gasteiger partial charge in [0.05, 0.1) is 0 Å². The summed E-state index contributed by atoms with van der Waals surface area (Å²) in [7, 11) is 0. The number of rotatable bonds is 0. The number of carbonyl (C=O) groups excluding carboxylic acids is 1. The van der Waals surface area contributed by atoms with Crippen LogP contribution in [0.3, 0.4) is 0 Å². The number of ketones is 1. The van der Waals surface area contributed by atoms with Crippen LogP contribution in [-0.4, -0.2) is 5.78 Å². The summed E-state index contributed by atoms with van der Waals surface area (Å²) in [5, 5.41) is 0. The molecule has 0 amide bonds. The van der Waals surface area contributed by atoms with E-state index in [2.05, 4.69) is 0 Å². The number of hydrogen-bond donors (Lipinski definition) is 0. The van der Waals surface area contributed by atoms with Crippen molar-refractivity contribution in [2.75, 3.05) is 0 Å². The van der Waals surface area contributed by atoms with Crippen LogP contribution in [0.25, 0.3) is 0 Å². The van der Waals surface area contributed by atoms with Gasteiger partial charge in [0.15, 0.2) is 0 Å². The van der Waals surface area contributed by atoms with Gasteiger partial charge in [-0.15, -0.1) is 0 Å². The van der Waals surface area contributed by atoms with Gasteiger partial charge in [-0.25, -0.2) is 0 Å². The molecular weight excluding hydrogens is 136 g/mol. The Labute approximate surface area is 67.2 Å². The molecule has 60 valence electrons. The van der Waals surface area contributed by atoms with Crippen molar-refractivity contribution in [2.24, 2.45) is 17.3 Å². The van der Waals surface area contributed by atoms with Crippen molar-refractivity contribution < 1.29 is 4.79 Å². The second-order valence-corrected chi connectivity index (χ2v) is 4.68. The van der Waals surface area contributed by atoms with Gasteiger partial charge in [0, 0.05) is 11.8 Å². The van der Waals surface area contributed by atoms with E-state index in [1.165, 1.54) is 32.1 Å². The van der Waals surface area contributed by atoms with Crippen molar-refractivity contribution in [2.45, 2.75) is 38.5 Å². The fourth-order valence-electron chi connectivity index (χ4n) is 3.86. The highest BCUT2D eigenvalue weighted by atomic mass is 16.1. The second-order valence-electron chi connectivity index (χ2n) is 4.68. The minimum Gasteiger partial charge on any atom is -0.299 e. The summed E-state index contributed by atoms with van der Waals surface area (Å²) >= 11 is 0. The maximum absolute atomic E-state index is 11.6. The molecule has 1 heteroatoms. The molecule has 3 saturated carbocycles. The molecule has 0 saturated heterocycles. The van der Waals surface area contributed by atoms with Crippen LogP contribution in [0.15, 0.2) is 0 Å². The zero-order chi connectivity index (χ0) is 7.47. The van der Waals surface area contributed by atoms with Crippen molar-refractivity contribution in [1.29, 1.82) is 0 Å². The van der Waals surface area contributed by atoms with Crippen LogP contribution >= 0.6 is 0 Å². The molecular formula is C10H14O. The second kappa shape index (κ2) is 1.70. The summed E-state index contributed by atoms with van der Waals surface area (Å²) in [6.45, 7) is 0. The van der Waals surface area contributed by atoms with Crippen LogP contribution in [0, 0.1) is 17.3 Å². The highest BCUT2D eigenvalue weighted by Crippen LogP contribution is 2.62. The Morgan fingerprint density at radius 2 is 2.36 bits per heavy atom. The summed E-state index contributed by atoms with van der Waals surface area (Å²) in [6, 6.07) is 0. The van der Waals surface area contributed by atoms with Crippen LogP contribution in [0.4, 0.5) is 0 Å². The minimum atomic E-state index is 0.241. The fourth-order valence-corrected chi connectivity index (χ4v) is 3.86. The first-order valence-corrected chi connectivity index (χ1v) is 4.84. The average molecular weight is 150 g/mol. The summed E-state index contributed by atoms with van der Waals surface area (Å²) < 4.78 is 0. The molecule has 1 spiro atoms. The quantitative estimate of drug-likeness (QED) is 0.517. The van der Waals surface area contributed by atoms with E-state index in [4.69, 9.17) is 0 Å². The van der Waals surface area contributed by atoms with Gasteiger partial charge < -0.3 is 0 Å². The molecule has 3 aliphatic carbocycles. The van der Waals surface area contributed by atoms with Crippen molar-refractivity contribution in [3.63, 3.8) is 0 Å². The normalized spacial score (nSPS) is 53.6. The predicted molar refractivity (Wildman–Crippen MR) is 42.1 cm³/mol. The minimum absolute atomic E-state index is 0.241. The van der Waals surface area contributed by atoms with Gasteiger partial charge in [0.25, 0.3) is 0 Å². The van der Waals surface area contributed by atoms with Crippen molar-refractivity contribution in [3.05, 3.63) is 0 Å². The maximum atomic E-state index is 11.6. The van der Waals surface area contributed by atoms with Crippen molar-refractivity contribution in [1.82, 2.24) is 0 Å². The summed E-state index contributed by atoms with van der Waals surface area (Å²) in [6.07, 6.45) is 7.47. The molecule has 0 aliphatic heterocycles. The summed E-state index contributed by atoms with van der Waals surface area (Å²) in [5.74, 6) is 2.23. The lowest BCUT2D eigenvalue weighted by atomic mass is 9.77. The highest BCUT2D eigenvalue weighted by Gasteiger charge is 2.59. The number of carbonyl (C=O) groups is 1. The van der Waals surface area contributed by atoms with Gasteiger partial charge in [-0.2, -0.15) is 0 Å². The first-order valence-electron chi connectivity index (χ1n) is 4.84. The van der Waals surface area contributed by atoms with Crippen molar-refractivity contribution >= 4 is 5.78 Å². The Morgan fingerprint density at radius 1 is 1.45 bits per heavy atom. The topological polar surface area (TPSA) is 17.1 Å². The van der Waals surface area contributed by atoms with E-state index in [9.17, 15) is 4.79 Å². The number of Topliss-reactive ketones (excluding diaryl/α,β-unsaturated/α-hetero) is 1. The van der Waals surface area contributed by atoms with E-state index >= 15 is 0 Å². The zero-order valence-corrected chi connectivity index (χ0v) is 6.81. The SMILES string of the molecule is O=C1C[C@@H]2C[C@@H]3CCC[C@]13C2. The zero-order valence-electron chi connectivity index (χ0n) is 6.81. The molecule has 0 heterocycles. The number of fused-ring (bicyclic) bond motifs is 1. The summed E-state index contributed by atoms with van der Waals surface area (Å²) in [5.41, 5.74) is 0.241. The molecule has 0 aromatic carbocycles. The molecule has 0 radical (unpaired) electrons. The lowest BCUT2D eigenvalue weighted by Gasteiger charge is -2.26. The third-order valence-electron chi connectivity index (χ3n) is 4.26. The van der Waals surface area contributed by atoms with E-state index in [0.29, 0.717) is 5.78 Å². The van der Waals surface area contributed by atoms with E-state index in [0.717, 1.165) is 18.3 Å². The molecule has 0 aromatic rings. The Morgan fingerprint density at radius 3 is 3.09 bits per heavy atom. The van der Waals surface area contributed by atoms with E-state index < -0.39 is 0 Å². The van der Waals surface area contributed by atoms with Gasteiger partial charge in [-0.1, -0.05) is 6.42 Å². The molecule has 3 aliphatic rings. The molecule has 3 rings (SSSR count). The Kier molecular flexibility index (Phi) is 0.961. The fraction of sp³-hybridized carbons (Fsp3) is 0.900. The van der Waals surface area contributed by atoms with Gasteiger partial charge in [-0.3, -0.25) is 4.79 Å². The molecule has 3 fully saturated rings. The highest BCUT2D eigenvalue weighted by molar-refractivity contribution is 5.89. The van der Waals surface area contributed by atoms with E-state index in [1.807, 2.05) is 0 Å². The first kappa shape index (κ1) is 6.22. The van der Waals surface area contributed by atoms with Crippen LogP contribution in [-0.2, 0) is 4.79 Å². The largest absolute Gasteiger partial charge is 0.299 e. The third kappa shape index (κ3) is 0.567. The number of hydrogen-bond acceptors (Lipinski definition) is 1. The Bertz CT molecular complexity index is 221. The molecule has 0 N–H and O–H groups in total. The maximum Gasteiger partial charge on any atom is 0.139 e. The van der Waals surface area contributed by atoms with Gasteiger partial charge in [-0.05, 0) is 37.5 Å². The van der Waals surface area contributed by atoms with E-state index in [-0.39, 0.29) is 5.41 Å². The smallest absolute Gasteiger partial charge is 0.139 e. The molecule has 1 nitrogen and oxygen atoms in total. The first-order chi connectivity index (χ1) is 5.31. The molecule has 3 atom stereocenters. The van der Waals surface area contributed by atoms with Gasteiger partial charge >= 0.3 is 0 Å². The average Bonchev–Trinajstić information content (AvgIpc) is 2.49. The third-order valence-corrected chi connectivity index (χ3v) is 4.26. The van der Waals surface area contributed by atoms with Crippen LogP contribution < -0.4 is 0 Å². The van der Waals surface area contributed by atoms with Gasteiger partial charge in [0.1, 0.15) is 5.78 Å². The summed E-state index contributed by atoms with van der Waals surface area (Å²) in [4.78, 5) is 11.6. The van der Waals surface area contributed by atoms with Gasteiger partial charge in [0.2, 0.25) is 0 Å². The standard InChI is InChI=1S/C10H14O/c11-9-5-7-4-8-2-1-3-10(8,9)6-7/h7-8H,1-6H2/t7-,8-,10+/m0/s1. The molecule has 11 heavy (non-hydrogen) atoms. The lowest BCUT2D eigenvalue weighted by molar-refractivity contribution is -0.128. The Balaban J connectivity index is 2.06. The van der Waals surface area contributed by atoms with Crippen molar-refractivity contribution in [3.8, 4) is 0 Å². The van der Waals surface area contributed by atoms with Crippen LogP contribution in [0.1, 0.15) is 38.5 Å².